The van der Waals surface area contributed by atoms with Gasteiger partial charge in [0.05, 0.1) is 4.92 Å². The van der Waals surface area contributed by atoms with Gasteiger partial charge in [-0.2, -0.15) is 0 Å². The number of hydrogen-bond acceptors (Lipinski definition) is 7. The van der Waals surface area contributed by atoms with E-state index in [9.17, 15) is 19.7 Å². The second-order valence-corrected chi connectivity index (χ2v) is 7.96. The van der Waals surface area contributed by atoms with Gasteiger partial charge in [0, 0.05) is 42.3 Å². The number of hydrogen-bond donors (Lipinski definition) is 1. The van der Waals surface area contributed by atoms with Crippen molar-refractivity contribution in [1.82, 2.24) is 10.2 Å². The summed E-state index contributed by atoms with van der Waals surface area (Å²) in [7, 11) is 0. The van der Waals surface area contributed by atoms with E-state index in [1.54, 1.807) is 4.90 Å². The van der Waals surface area contributed by atoms with Crippen LogP contribution < -0.4 is 10.2 Å². The molecule has 0 bridgehead atoms. The largest absolute Gasteiger partial charge is 0.312 e. The minimum absolute atomic E-state index is 0.0252. The highest BCUT2D eigenvalue weighted by Crippen LogP contribution is 2.34. The molecular weight excluding hydrogens is 406 g/mol. The second kappa shape index (κ2) is 7.99. The smallest absolute Gasteiger partial charge is 0.269 e. The molecule has 1 aromatic heterocycles. The molecule has 3 aromatic rings. The number of aryl methyl sites for hydroxylation is 1. The van der Waals surface area contributed by atoms with E-state index in [2.05, 4.69) is 15.5 Å². The van der Waals surface area contributed by atoms with Crippen molar-refractivity contribution in [3.8, 4) is 0 Å². The molecule has 30 heavy (non-hydrogen) atoms. The molecule has 4 rings (SSSR count). The molecule has 1 N–H and O–H groups in total. The van der Waals surface area contributed by atoms with Crippen molar-refractivity contribution in [3.05, 3.63) is 74.8 Å². The van der Waals surface area contributed by atoms with E-state index >= 15 is 0 Å². The number of nitrogens with zero attached hydrogens (tertiary/aromatic N) is 4. The molecule has 2 heterocycles. The molecule has 0 aliphatic carbocycles. The van der Waals surface area contributed by atoms with Crippen LogP contribution in [0.1, 0.15) is 33.3 Å². The van der Waals surface area contributed by atoms with Gasteiger partial charge in [0.2, 0.25) is 11.0 Å². The summed E-state index contributed by atoms with van der Waals surface area (Å²) in [6, 6.07) is 13.1. The van der Waals surface area contributed by atoms with Crippen LogP contribution in [-0.2, 0) is 4.79 Å². The quantitative estimate of drug-likeness (QED) is 0.495. The van der Waals surface area contributed by atoms with E-state index in [1.807, 2.05) is 31.2 Å². The van der Waals surface area contributed by atoms with Gasteiger partial charge in [-0.1, -0.05) is 23.5 Å². The van der Waals surface area contributed by atoms with Gasteiger partial charge in [-0.25, -0.2) is 0 Å². The summed E-state index contributed by atoms with van der Waals surface area (Å²) in [4.78, 5) is 36.8. The molecule has 1 atom stereocenters. The van der Waals surface area contributed by atoms with Crippen molar-refractivity contribution in [2.45, 2.75) is 19.3 Å². The molecule has 1 aliphatic rings. The van der Waals surface area contributed by atoms with Crippen LogP contribution in [0.2, 0.25) is 0 Å². The predicted molar refractivity (Wildman–Crippen MR) is 112 cm³/mol. The number of non-ortho nitro benzene ring substituents is 1. The number of carbonyl (C=O) groups excluding carboxylic acids is 2. The van der Waals surface area contributed by atoms with Gasteiger partial charge in [-0.15, -0.1) is 10.2 Å². The molecule has 1 saturated heterocycles. The molecule has 9 nitrogen and oxygen atoms in total. The van der Waals surface area contributed by atoms with Crippen LogP contribution in [0.25, 0.3) is 0 Å². The fourth-order valence-corrected chi connectivity index (χ4v) is 4.10. The first kappa shape index (κ1) is 19.6. The number of carbonyl (C=O) groups is 2. The molecule has 1 fully saturated rings. The van der Waals surface area contributed by atoms with Crippen molar-refractivity contribution in [2.75, 3.05) is 16.8 Å². The van der Waals surface area contributed by atoms with E-state index in [0.717, 1.165) is 11.3 Å². The Hall–Kier alpha value is -3.66. The Morgan fingerprint density at radius 2 is 2.00 bits per heavy atom. The summed E-state index contributed by atoms with van der Waals surface area (Å²) in [6.07, 6.45) is 0.332. The van der Waals surface area contributed by atoms with E-state index in [-0.39, 0.29) is 23.1 Å². The van der Waals surface area contributed by atoms with Crippen LogP contribution in [-0.4, -0.2) is 33.5 Å². The number of rotatable bonds is 5. The van der Waals surface area contributed by atoms with Crippen LogP contribution in [0.15, 0.2) is 48.5 Å². The second-order valence-electron chi connectivity index (χ2n) is 6.95. The minimum Gasteiger partial charge on any atom is -0.312 e. The molecule has 0 spiro atoms. The van der Waals surface area contributed by atoms with Gasteiger partial charge in [0.15, 0.2) is 0 Å². The maximum absolute atomic E-state index is 12.5. The normalized spacial score (nSPS) is 16.0. The van der Waals surface area contributed by atoms with E-state index in [0.29, 0.717) is 23.1 Å². The summed E-state index contributed by atoms with van der Waals surface area (Å²) < 4.78 is 0. The number of nitro benzene ring substituents is 1. The lowest BCUT2D eigenvalue weighted by Gasteiger charge is -2.16. The Labute approximate surface area is 175 Å². The Morgan fingerprint density at radius 1 is 1.23 bits per heavy atom. The molecule has 0 radical (unpaired) electrons. The third-order valence-electron chi connectivity index (χ3n) is 4.79. The monoisotopic (exact) mass is 423 g/mol. The number of aromatic nitrogens is 2. The van der Waals surface area contributed by atoms with Crippen LogP contribution in [0.5, 0.6) is 0 Å². The third kappa shape index (κ3) is 4.03. The Bertz CT molecular complexity index is 1130. The van der Waals surface area contributed by atoms with Crippen molar-refractivity contribution < 1.29 is 14.5 Å². The predicted octanol–water partition coefficient (Wildman–Crippen LogP) is 3.53. The summed E-state index contributed by atoms with van der Waals surface area (Å²) in [5, 5.41) is 22.5. The van der Waals surface area contributed by atoms with Crippen LogP contribution in [0, 0.1) is 17.0 Å². The fraction of sp³-hybridized carbons (Fsp3) is 0.200. The van der Waals surface area contributed by atoms with Gasteiger partial charge in [-0.3, -0.25) is 25.0 Å². The van der Waals surface area contributed by atoms with Gasteiger partial charge in [0.25, 0.3) is 11.6 Å². The number of amides is 2. The van der Waals surface area contributed by atoms with Crippen LogP contribution >= 0.6 is 11.3 Å². The zero-order valence-electron chi connectivity index (χ0n) is 15.9. The summed E-state index contributed by atoms with van der Waals surface area (Å²) in [5.74, 6) is -0.505. The summed E-state index contributed by atoms with van der Waals surface area (Å²) >= 11 is 1.22. The highest BCUT2D eigenvalue weighted by atomic mass is 32.1. The summed E-state index contributed by atoms with van der Waals surface area (Å²) in [5.41, 5.74) is 2.13. The van der Waals surface area contributed by atoms with Crippen LogP contribution in [0.3, 0.4) is 0 Å². The number of nitrogens with one attached hydrogen (secondary N) is 1. The zero-order valence-corrected chi connectivity index (χ0v) is 16.8. The Balaban J connectivity index is 1.43. The molecule has 10 heteroatoms. The van der Waals surface area contributed by atoms with Crippen molar-refractivity contribution in [1.29, 1.82) is 0 Å². The van der Waals surface area contributed by atoms with E-state index in [1.165, 1.54) is 35.6 Å². The van der Waals surface area contributed by atoms with Gasteiger partial charge < -0.3 is 4.90 Å². The lowest BCUT2D eigenvalue weighted by molar-refractivity contribution is -0.384. The first-order valence-corrected chi connectivity index (χ1v) is 9.98. The van der Waals surface area contributed by atoms with E-state index in [4.69, 9.17) is 0 Å². The molecule has 152 valence electrons. The average molecular weight is 423 g/mol. The number of anilines is 2. The van der Waals surface area contributed by atoms with Crippen LogP contribution in [0.4, 0.5) is 16.5 Å². The summed E-state index contributed by atoms with van der Waals surface area (Å²) in [6.45, 7) is 2.49. The average Bonchev–Trinajstić information content (AvgIpc) is 3.34. The standard InChI is InChI=1S/C20H17N5O4S/c1-12-3-2-4-16(9-12)24-11-14(10-17(24)26)19-22-23-20(30-19)21-18(27)13-5-7-15(8-6-13)25(28)29/h2-9,14H,10-11H2,1H3,(H,21,23,27). The first-order chi connectivity index (χ1) is 14.4. The Kier molecular flexibility index (Phi) is 5.23. The van der Waals surface area contributed by atoms with E-state index < -0.39 is 10.8 Å². The maximum atomic E-state index is 12.5. The topological polar surface area (TPSA) is 118 Å². The highest BCUT2D eigenvalue weighted by Gasteiger charge is 2.34. The molecule has 2 amide bonds. The number of nitro groups is 1. The molecule has 0 saturated carbocycles. The Morgan fingerprint density at radius 3 is 2.70 bits per heavy atom. The molecule has 2 aromatic carbocycles. The van der Waals surface area contributed by atoms with Gasteiger partial charge in [-0.05, 0) is 36.8 Å². The van der Waals surface area contributed by atoms with Gasteiger partial charge >= 0.3 is 0 Å². The highest BCUT2D eigenvalue weighted by molar-refractivity contribution is 7.15. The fourth-order valence-electron chi connectivity index (χ4n) is 3.27. The lowest BCUT2D eigenvalue weighted by atomic mass is 10.1. The van der Waals surface area contributed by atoms with Crippen molar-refractivity contribution >= 4 is 39.7 Å². The first-order valence-electron chi connectivity index (χ1n) is 9.17. The van der Waals surface area contributed by atoms with Gasteiger partial charge in [0.1, 0.15) is 5.01 Å². The van der Waals surface area contributed by atoms with Crippen molar-refractivity contribution in [3.63, 3.8) is 0 Å². The van der Waals surface area contributed by atoms with Crippen molar-refractivity contribution in [2.24, 2.45) is 0 Å². The lowest BCUT2D eigenvalue weighted by Crippen LogP contribution is -2.24. The third-order valence-corrected chi connectivity index (χ3v) is 5.79. The molecule has 1 aliphatic heterocycles. The SMILES string of the molecule is Cc1cccc(N2CC(c3nnc(NC(=O)c4ccc([N+](=O)[O-])cc4)s3)CC2=O)c1. The number of benzene rings is 2. The minimum atomic E-state index is -0.526. The zero-order chi connectivity index (χ0) is 21.3. The molecule has 1 unspecified atom stereocenters. The maximum Gasteiger partial charge on any atom is 0.269 e. The molecular formula is C20H17N5O4S.